The van der Waals surface area contributed by atoms with Gasteiger partial charge in [-0.15, -0.1) is 0 Å². The Hall–Kier alpha value is -3.65. The molecular weight excluding hydrogens is 378 g/mol. The lowest BCUT2D eigenvalue weighted by Gasteiger charge is -2.29. The van der Waals surface area contributed by atoms with E-state index >= 15 is 0 Å². The summed E-state index contributed by atoms with van der Waals surface area (Å²) < 4.78 is 0. The van der Waals surface area contributed by atoms with Crippen LogP contribution in [0, 0.1) is 0 Å². The molecule has 0 spiro atoms. The van der Waals surface area contributed by atoms with Crippen LogP contribution in [0.1, 0.15) is 47.1 Å². The molecule has 0 aliphatic rings. The van der Waals surface area contributed by atoms with Gasteiger partial charge in [-0.2, -0.15) is 0 Å². The summed E-state index contributed by atoms with van der Waals surface area (Å²) in [5.41, 5.74) is 4.37. The van der Waals surface area contributed by atoms with Crippen molar-refractivity contribution in [2.45, 2.75) is 24.8 Å². The molecule has 0 saturated heterocycles. The van der Waals surface area contributed by atoms with E-state index in [1.807, 2.05) is 91.9 Å². The predicted molar refractivity (Wildman–Crippen MR) is 127 cm³/mol. The lowest BCUT2D eigenvalue weighted by atomic mass is 9.76. The van der Waals surface area contributed by atoms with Crippen LogP contribution in [-0.2, 0) is 4.79 Å². The van der Waals surface area contributed by atoms with Crippen LogP contribution in [0.3, 0.4) is 0 Å². The summed E-state index contributed by atoms with van der Waals surface area (Å²) >= 11 is 0. The monoisotopic (exact) mass is 405 g/mol. The molecule has 0 aromatic heterocycles. The van der Waals surface area contributed by atoms with E-state index in [4.69, 9.17) is 0 Å². The van der Waals surface area contributed by atoms with Crippen LogP contribution in [-0.4, -0.2) is 5.91 Å². The van der Waals surface area contributed by atoms with E-state index in [1.165, 1.54) is 0 Å². The van der Waals surface area contributed by atoms with Crippen molar-refractivity contribution in [3.63, 3.8) is 0 Å². The van der Waals surface area contributed by atoms with Gasteiger partial charge in [0, 0.05) is 5.92 Å². The van der Waals surface area contributed by atoms with Crippen LogP contribution in [0.15, 0.2) is 121 Å². The molecule has 2 atom stereocenters. The average molecular weight is 406 g/mol. The molecule has 1 N–H and O–H groups in total. The lowest BCUT2D eigenvalue weighted by molar-refractivity contribution is -0.123. The van der Waals surface area contributed by atoms with Gasteiger partial charge in [0.25, 0.3) is 0 Å². The van der Waals surface area contributed by atoms with Crippen LogP contribution in [0.25, 0.3) is 0 Å². The highest BCUT2D eigenvalue weighted by molar-refractivity contribution is 5.86. The summed E-state index contributed by atoms with van der Waals surface area (Å²) in [5, 5.41) is 3.28. The molecule has 2 heteroatoms. The highest BCUT2D eigenvalue weighted by Gasteiger charge is 2.33. The van der Waals surface area contributed by atoms with Crippen molar-refractivity contribution in [3.05, 3.63) is 144 Å². The molecule has 4 aromatic rings. The lowest BCUT2D eigenvalue weighted by Crippen LogP contribution is -2.35. The fourth-order valence-electron chi connectivity index (χ4n) is 4.18. The van der Waals surface area contributed by atoms with Crippen molar-refractivity contribution in [1.82, 2.24) is 5.32 Å². The van der Waals surface area contributed by atoms with Gasteiger partial charge < -0.3 is 5.32 Å². The van der Waals surface area contributed by atoms with E-state index in [9.17, 15) is 4.79 Å². The van der Waals surface area contributed by atoms with Gasteiger partial charge in [-0.25, -0.2) is 0 Å². The van der Waals surface area contributed by atoms with Gasteiger partial charge >= 0.3 is 0 Å². The molecular formula is C29H27NO. The van der Waals surface area contributed by atoms with Crippen molar-refractivity contribution in [2.75, 3.05) is 0 Å². The number of rotatable bonds is 7. The van der Waals surface area contributed by atoms with Crippen molar-refractivity contribution in [2.24, 2.45) is 0 Å². The van der Waals surface area contributed by atoms with Crippen LogP contribution in [0.5, 0.6) is 0 Å². The van der Waals surface area contributed by atoms with E-state index in [0.29, 0.717) is 0 Å². The van der Waals surface area contributed by atoms with E-state index < -0.39 is 0 Å². The molecule has 31 heavy (non-hydrogen) atoms. The maximum atomic E-state index is 13.8. The molecule has 4 aromatic carbocycles. The molecule has 1 amide bonds. The summed E-state index contributed by atoms with van der Waals surface area (Å²) in [6.07, 6.45) is 0. The van der Waals surface area contributed by atoms with Crippen LogP contribution in [0.4, 0.5) is 0 Å². The normalized spacial score (nSPS) is 12.8. The Morgan fingerprint density at radius 1 is 0.548 bits per heavy atom. The van der Waals surface area contributed by atoms with E-state index in [-0.39, 0.29) is 23.8 Å². The molecule has 2 nitrogen and oxygen atoms in total. The summed E-state index contributed by atoms with van der Waals surface area (Å²) in [4.78, 5) is 13.8. The molecule has 0 radical (unpaired) electrons. The standard InChI is InChI=1S/C29H27NO/c1-22(23-14-6-2-7-15-23)30-29(31)28(26-20-12-5-13-21-26)27(24-16-8-3-9-17-24)25-18-10-4-11-19-25/h2-22,27-28H,1H3,(H,30,31)/t22-,28+/m0/s1. The second-order valence-corrected chi connectivity index (χ2v) is 7.83. The highest BCUT2D eigenvalue weighted by atomic mass is 16.2. The van der Waals surface area contributed by atoms with Gasteiger partial charge in [-0.05, 0) is 29.2 Å². The first-order valence-corrected chi connectivity index (χ1v) is 10.7. The number of nitrogens with one attached hydrogen (secondary N) is 1. The molecule has 4 rings (SSSR count). The molecule has 0 bridgehead atoms. The number of hydrogen-bond donors (Lipinski definition) is 1. The third-order valence-corrected chi connectivity index (χ3v) is 5.75. The van der Waals surface area contributed by atoms with E-state index in [2.05, 4.69) is 41.7 Å². The first kappa shape index (κ1) is 20.6. The van der Waals surface area contributed by atoms with Gasteiger partial charge in [-0.3, -0.25) is 4.79 Å². The largest absolute Gasteiger partial charge is 0.349 e. The maximum Gasteiger partial charge on any atom is 0.228 e. The Morgan fingerprint density at radius 2 is 0.903 bits per heavy atom. The summed E-state index contributed by atoms with van der Waals surface area (Å²) in [5.74, 6) is -0.412. The second kappa shape index (κ2) is 9.90. The minimum absolute atomic E-state index is 0.0280. The molecule has 154 valence electrons. The zero-order chi connectivity index (χ0) is 21.5. The Morgan fingerprint density at radius 3 is 1.32 bits per heavy atom. The van der Waals surface area contributed by atoms with Crippen molar-refractivity contribution >= 4 is 5.91 Å². The number of amides is 1. The molecule has 0 aliphatic heterocycles. The summed E-state index contributed by atoms with van der Waals surface area (Å²) in [6, 6.07) is 40.8. The van der Waals surface area contributed by atoms with Crippen molar-refractivity contribution in [3.8, 4) is 0 Å². The SMILES string of the molecule is C[C@H](NC(=O)[C@H](c1ccccc1)C(c1ccccc1)c1ccccc1)c1ccccc1. The maximum absolute atomic E-state index is 13.8. The first-order chi connectivity index (χ1) is 15.2. The highest BCUT2D eigenvalue weighted by Crippen LogP contribution is 2.39. The minimum Gasteiger partial charge on any atom is -0.349 e. The third-order valence-electron chi connectivity index (χ3n) is 5.75. The number of carbonyl (C=O) groups is 1. The van der Waals surface area contributed by atoms with Crippen LogP contribution >= 0.6 is 0 Å². The summed E-state index contributed by atoms with van der Waals surface area (Å²) in [7, 11) is 0. The topological polar surface area (TPSA) is 29.1 Å². The molecule has 0 fully saturated rings. The number of carbonyl (C=O) groups excluding carboxylic acids is 1. The quantitative estimate of drug-likeness (QED) is 0.375. The fraction of sp³-hybridized carbons (Fsp3) is 0.138. The molecule has 0 saturated carbocycles. The van der Waals surface area contributed by atoms with Crippen LogP contribution in [0.2, 0.25) is 0 Å². The van der Waals surface area contributed by atoms with Gasteiger partial charge in [0.05, 0.1) is 12.0 Å². The zero-order valence-corrected chi connectivity index (χ0v) is 17.7. The molecule has 0 heterocycles. The molecule has 0 aliphatic carbocycles. The Kier molecular flexibility index (Phi) is 6.59. The average Bonchev–Trinajstić information content (AvgIpc) is 2.84. The Balaban J connectivity index is 1.76. The Labute approximate surface area is 184 Å². The van der Waals surface area contributed by atoms with Gasteiger partial charge in [0.15, 0.2) is 0 Å². The summed E-state index contributed by atoms with van der Waals surface area (Å²) in [6.45, 7) is 2.04. The smallest absolute Gasteiger partial charge is 0.228 e. The molecule has 0 unspecified atom stereocenters. The Bertz CT molecular complexity index is 1040. The first-order valence-electron chi connectivity index (χ1n) is 10.7. The fourth-order valence-corrected chi connectivity index (χ4v) is 4.18. The van der Waals surface area contributed by atoms with Gasteiger partial charge in [0.1, 0.15) is 0 Å². The van der Waals surface area contributed by atoms with Crippen molar-refractivity contribution in [1.29, 1.82) is 0 Å². The van der Waals surface area contributed by atoms with Crippen LogP contribution < -0.4 is 5.32 Å². The van der Waals surface area contributed by atoms with Gasteiger partial charge in [0.2, 0.25) is 5.91 Å². The third kappa shape index (κ3) is 4.92. The second-order valence-electron chi connectivity index (χ2n) is 7.83. The van der Waals surface area contributed by atoms with Crippen molar-refractivity contribution < 1.29 is 4.79 Å². The van der Waals surface area contributed by atoms with E-state index in [0.717, 1.165) is 22.3 Å². The zero-order valence-electron chi connectivity index (χ0n) is 17.7. The van der Waals surface area contributed by atoms with Gasteiger partial charge in [-0.1, -0.05) is 121 Å². The number of hydrogen-bond acceptors (Lipinski definition) is 1. The minimum atomic E-state index is -0.350. The predicted octanol–water partition coefficient (Wildman–Crippen LogP) is 6.48. The van der Waals surface area contributed by atoms with E-state index in [1.54, 1.807) is 0 Å². The number of benzene rings is 4.